The highest BCUT2D eigenvalue weighted by Crippen LogP contribution is 2.60. The molecule has 0 radical (unpaired) electrons. The number of nitrogens with one attached hydrogen (secondary N) is 1. The fourth-order valence-corrected chi connectivity index (χ4v) is 6.99. The van der Waals surface area contributed by atoms with Crippen LogP contribution in [-0.2, 0) is 15.0 Å². The Hall–Kier alpha value is -3.15. The van der Waals surface area contributed by atoms with Crippen molar-refractivity contribution in [2.45, 2.75) is 50.9 Å². The molecule has 2 aromatic rings. The minimum absolute atomic E-state index is 0.121. The molecule has 5 aliphatic rings. The van der Waals surface area contributed by atoms with Gasteiger partial charge < -0.3 is 4.42 Å². The number of furan rings is 1. The Morgan fingerprint density at radius 2 is 1.56 bits per heavy atom. The lowest BCUT2D eigenvalue weighted by Crippen LogP contribution is -2.54. The Morgan fingerprint density at radius 3 is 2.12 bits per heavy atom. The van der Waals surface area contributed by atoms with Gasteiger partial charge in [0.05, 0.1) is 5.69 Å². The van der Waals surface area contributed by atoms with E-state index in [1.807, 2.05) is 12.1 Å². The van der Waals surface area contributed by atoms with Gasteiger partial charge in [0.1, 0.15) is 17.1 Å². The molecule has 4 bridgehead atoms. The average molecular weight is 431 g/mol. The maximum atomic E-state index is 13.1. The van der Waals surface area contributed by atoms with Crippen LogP contribution in [0.5, 0.6) is 0 Å². The van der Waals surface area contributed by atoms with Crippen LogP contribution in [0.1, 0.15) is 55.6 Å². The summed E-state index contributed by atoms with van der Waals surface area (Å²) in [6.07, 6.45) is 9.31. The molecule has 6 nitrogen and oxygen atoms in total. The summed E-state index contributed by atoms with van der Waals surface area (Å²) < 4.78 is 5.47. The second-order valence-corrected chi connectivity index (χ2v) is 10.2. The van der Waals surface area contributed by atoms with Crippen molar-refractivity contribution in [2.24, 2.45) is 17.8 Å². The van der Waals surface area contributed by atoms with E-state index >= 15 is 0 Å². The molecular weight excluding hydrogens is 404 g/mol. The number of carbonyl (C=O) groups is 3. The molecule has 0 atom stereocenters. The largest absolute Gasteiger partial charge is 0.462 e. The predicted octanol–water partition coefficient (Wildman–Crippen LogP) is 4.72. The molecule has 1 saturated heterocycles. The van der Waals surface area contributed by atoms with Crippen molar-refractivity contribution < 1.29 is 18.8 Å². The summed E-state index contributed by atoms with van der Waals surface area (Å²) in [6.45, 7) is 1.78. The van der Waals surface area contributed by atoms with E-state index < -0.39 is 17.8 Å². The normalized spacial score (nSPS) is 32.7. The van der Waals surface area contributed by atoms with Crippen molar-refractivity contribution in [1.29, 1.82) is 0 Å². The van der Waals surface area contributed by atoms with Gasteiger partial charge in [-0.2, -0.15) is 0 Å². The first-order valence-electron chi connectivity index (χ1n) is 11.5. The molecule has 4 saturated carbocycles. The molecule has 32 heavy (non-hydrogen) atoms. The van der Waals surface area contributed by atoms with Crippen molar-refractivity contribution >= 4 is 29.6 Å². The number of urea groups is 1. The van der Waals surface area contributed by atoms with Crippen LogP contribution in [0.15, 0.2) is 46.4 Å². The summed E-state index contributed by atoms with van der Waals surface area (Å²) in [7, 11) is 0. The van der Waals surface area contributed by atoms with Gasteiger partial charge in [0.25, 0.3) is 11.8 Å². The third-order valence-electron chi connectivity index (χ3n) is 7.93. The predicted molar refractivity (Wildman–Crippen MR) is 119 cm³/mol. The molecular formula is C26H26N2O4. The molecule has 1 N–H and O–H groups in total. The maximum absolute atomic E-state index is 13.1. The third kappa shape index (κ3) is 3.04. The van der Waals surface area contributed by atoms with Gasteiger partial charge in [-0.3, -0.25) is 14.9 Å². The smallest absolute Gasteiger partial charge is 0.335 e. The van der Waals surface area contributed by atoms with Crippen LogP contribution < -0.4 is 10.2 Å². The fourth-order valence-electron chi connectivity index (χ4n) is 6.99. The van der Waals surface area contributed by atoms with Crippen LogP contribution in [0.2, 0.25) is 0 Å². The first-order chi connectivity index (χ1) is 15.4. The van der Waals surface area contributed by atoms with Gasteiger partial charge in [-0.05, 0) is 105 Å². The molecule has 0 unspecified atom stereocenters. The van der Waals surface area contributed by atoms with E-state index in [4.69, 9.17) is 4.42 Å². The zero-order chi connectivity index (χ0) is 22.0. The summed E-state index contributed by atoms with van der Waals surface area (Å²) >= 11 is 0. The van der Waals surface area contributed by atoms with Gasteiger partial charge in [-0.1, -0.05) is 12.1 Å². The second-order valence-electron chi connectivity index (χ2n) is 10.2. The molecule has 0 spiro atoms. The van der Waals surface area contributed by atoms with E-state index in [9.17, 15) is 14.4 Å². The molecule has 1 aromatic carbocycles. The van der Waals surface area contributed by atoms with E-state index in [0.717, 1.165) is 22.7 Å². The summed E-state index contributed by atoms with van der Waals surface area (Å²) in [5, 5.41) is 2.28. The van der Waals surface area contributed by atoms with Gasteiger partial charge in [-0.15, -0.1) is 0 Å². The van der Waals surface area contributed by atoms with Crippen molar-refractivity contribution in [3.8, 4) is 0 Å². The lowest BCUT2D eigenvalue weighted by Gasteiger charge is -2.57. The number of barbiturate groups is 1. The minimum Gasteiger partial charge on any atom is -0.462 e. The molecule has 2 heterocycles. The highest BCUT2D eigenvalue weighted by atomic mass is 16.3. The number of carbonyl (C=O) groups excluding carboxylic acids is 3. The zero-order valence-electron chi connectivity index (χ0n) is 18.1. The molecule has 164 valence electrons. The Kier molecular flexibility index (Phi) is 4.23. The molecule has 1 aliphatic heterocycles. The average Bonchev–Trinajstić information content (AvgIpc) is 3.15. The number of aryl methyl sites for hydroxylation is 1. The molecule has 7 rings (SSSR count). The van der Waals surface area contributed by atoms with Crippen LogP contribution in [0.3, 0.4) is 0 Å². The first kappa shape index (κ1) is 19.5. The number of anilines is 1. The minimum atomic E-state index is -0.727. The van der Waals surface area contributed by atoms with Crippen LogP contribution in [0, 0.1) is 24.7 Å². The number of imide groups is 2. The van der Waals surface area contributed by atoms with Gasteiger partial charge in [0.2, 0.25) is 0 Å². The molecule has 5 fully saturated rings. The standard InChI is InChI=1S/C26H26N2O4/c1-15-2-7-21(32-15)11-22-23(29)27-25(31)28(24(22)30)20-5-3-19(4-6-20)26-12-16-8-17(13-26)10-18(9-16)14-26/h2-7,11,16-18H,8-10,12-14H2,1H3,(H,27,29,31)/b22-11+. The number of rotatable bonds is 3. The highest BCUT2D eigenvalue weighted by molar-refractivity contribution is 6.39. The number of amides is 4. The van der Waals surface area contributed by atoms with Crippen LogP contribution in [0.25, 0.3) is 6.08 Å². The van der Waals surface area contributed by atoms with E-state index in [0.29, 0.717) is 17.2 Å². The van der Waals surface area contributed by atoms with Crippen molar-refractivity contribution in [1.82, 2.24) is 5.32 Å². The number of hydrogen-bond acceptors (Lipinski definition) is 4. The number of nitrogens with zero attached hydrogens (tertiary/aromatic N) is 1. The summed E-state index contributed by atoms with van der Waals surface area (Å²) in [6, 6.07) is 10.6. The number of benzene rings is 1. The van der Waals surface area contributed by atoms with E-state index in [2.05, 4.69) is 17.4 Å². The van der Waals surface area contributed by atoms with Crippen LogP contribution >= 0.6 is 0 Å². The maximum Gasteiger partial charge on any atom is 0.335 e. The lowest BCUT2D eigenvalue weighted by molar-refractivity contribution is -0.122. The van der Waals surface area contributed by atoms with Crippen molar-refractivity contribution in [3.05, 3.63) is 59.1 Å². The Morgan fingerprint density at radius 1 is 0.938 bits per heavy atom. The van der Waals surface area contributed by atoms with Gasteiger partial charge in [0, 0.05) is 0 Å². The highest BCUT2D eigenvalue weighted by Gasteiger charge is 2.51. The quantitative estimate of drug-likeness (QED) is 0.564. The molecule has 1 aromatic heterocycles. The van der Waals surface area contributed by atoms with Crippen LogP contribution in [-0.4, -0.2) is 17.8 Å². The Balaban J connectivity index is 1.30. The Labute approximate surface area is 186 Å². The monoisotopic (exact) mass is 430 g/mol. The lowest BCUT2D eigenvalue weighted by atomic mass is 9.48. The topological polar surface area (TPSA) is 79.6 Å². The second kappa shape index (κ2) is 6.92. The summed E-state index contributed by atoms with van der Waals surface area (Å²) in [4.78, 5) is 39.0. The molecule has 4 aliphatic carbocycles. The number of hydrogen-bond donors (Lipinski definition) is 1. The van der Waals surface area contributed by atoms with Crippen molar-refractivity contribution in [2.75, 3.05) is 4.90 Å². The summed E-state index contributed by atoms with van der Waals surface area (Å²) in [5.74, 6) is 2.25. The summed E-state index contributed by atoms with van der Waals surface area (Å²) in [5.41, 5.74) is 1.92. The fraction of sp³-hybridized carbons (Fsp3) is 0.423. The third-order valence-corrected chi connectivity index (χ3v) is 7.93. The van der Waals surface area contributed by atoms with Gasteiger partial charge in [-0.25, -0.2) is 9.69 Å². The van der Waals surface area contributed by atoms with Gasteiger partial charge >= 0.3 is 6.03 Å². The first-order valence-corrected chi connectivity index (χ1v) is 11.5. The van der Waals surface area contributed by atoms with Crippen molar-refractivity contribution in [3.63, 3.8) is 0 Å². The van der Waals surface area contributed by atoms with Gasteiger partial charge in [0.15, 0.2) is 0 Å². The van der Waals surface area contributed by atoms with E-state index in [-0.39, 0.29) is 11.0 Å². The zero-order valence-corrected chi connectivity index (χ0v) is 18.1. The van der Waals surface area contributed by atoms with E-state index in [1.165, 1.54) is 50.2 Å². The molecule has 4 amide bonds. The molecule has 6 heteroatoms. The Bertz CT molecular complexity index is 1120. The SMILES string of the molecule is Cc1ccc(/C=C2\C(=O)NC(=O)N(c3ccc(C45CC6CC(CC(C6)C4)C5)cc3)C2=O)o1. The van der Waals surface area contributed by atoms with Crippen LogP contribution in [0.4, 0.5) is 10.5 Å². The van der Waals surface area contributed by atoms with E-state index in [1.54, 1.807) is 19.1 Å².